The summed E-state index contributed by atoms with van der Waals surface area (Å²) in [4.78, 5) is 10.9. The molecule has 0 aliphatic rings. The van der Waals surface area contributed by atoms with Gasteiger partial charge in [-0.1, -0.05) is 19.1 Å². The maximum atomic E-state index is 12.6. The van der Waals surface area contributed by atoms with Crippen LogP contribution in [0.15, 0.2) is 29.4 Å². The summed E-state index contributed by atoms with van der Waals surface area (Å²) in [6.45, 7) is 3.50. The van der Waals surface area contributed by atoms with Crippen LogP contribution in [0.2, 0.25) is 0 Å². The fourth-order valence-corrected chi connectivity index (χ4v) is 0.981. The fourth-order valence-electron chi connectivity index (χ4n) is 0.981. The van der Waals surface area contributed by atoms with E-state index in [1.54, 1.807) is 26.0 Å². The molecule has 0 spiro atoms. The van der Waals surface area contributed by atoms with Crippen molar-refractivity contribution in [1.29, 1.82) is 0 Å². The second kappa shape index (κ2) is 5.24. The maximum absolute atomic E-state index is 12.6. The Morgan fingerprint density at radius 3 is 2.53 bits per heavy atom. The highest BCUT2D eigenvalue weighted by atomic mass is 19.1. The molecule has 4 heteroatoms. The van der Waals surface area contributed by atoms with Crippen LogP contribution in [0.3, 0.4) is 0 Å². The third-order valence-corrected chi connectivity index (χ3v) is 1.93. The Kier molecular flexibility index (Phi) is 3.97. The van der Waals surface area contributed by atoms with Crippen LogP contribution in [0, 0.1) is 5.82 Å². The number of benzene rings is 1. The fraction of sp³-hybridized carbons (Fsp3) is 0.273. The van der Waals surface area contributed by atoms with Crippen molar-refractivity contribution in [2.24, 2.45) is 5.10 Å². The van der Waals surface area contributed by atoms with Crippen molar-refractivity contribution in [2.75, 3.05) is 0 Å². The van der Waals surface area contributed by atoms with Crippen LogP contribution in [0.4, 0.5) is 4.39 Å². The van der Waals surface area contributed by atoms with Crippen molar-refractivity contribution in [3.63, 3.8) is 0 Å². The SMILES string of the molecule is CCC(=O)N/N=C(\C)c1ccc(F)cc1. The zero-order chi connectivity index (χ0) is 11.3. The van der Waals surface area contributed by atoms with Gasteiger partial charge >= 0.3 is 0 Å². The molecule has 0 unspecified atom stereocenters. The van der Waals surface area contributed by atoms with E-state index in [-0.39, 0.29) is 11.7 Å². The smallest absolute Gasteiger partial charge is 0.239 e. The van der Waals surface area contributed by atoms with E-state index in [9.17, 15) is 9.18 Å². The summed E-state index contributed by atoms with van der Waals surface area (Å²) in [6.07, 6.45) is 0.389. The summed E-state index contributed by atoms with van der Waals surface area (Å²) in [5.41, 5.74) is 3.84. The lowest BCUT2D eigenvalue weighted by molar-refractivity contribution is -0.120. The second-order valence-electron chi connectivity index (χ2n) is 3.09. The molecule has 1 aromatic rings. The number of carbonyl (C=O) groups excluding carboxylic acids is 1. The number of nitrogens with one attached hydrogen (secondary N) is 1. The van der Waals surface area contributed by atoms with E-state index in [0.717, 1.165) is 5.56 Å². The van der Waals surface area contributed by atoms with Gasteiger partial charge in [-0.15, -0.1) is 0 Å². The van der Waals surface area contributed by atoms with Crippen LogP contribution < -0.4 is 5.43 Å². The molecule has 1 rings (SSSR count). The first-order valence-electron chi connectivity index (χ1n) is 4.72. The number of carbonyl (C=O) groups is 1. The minimum absolute atomic E-state index is 0.142. The normalized spacial score (nSPS) is 11.3. The van der Waals surface area contributed by atoms with Gasteiger partial charge in [-0.25, -0.2) is 9.82 Å². The first kappa shape index (κ1) is 11.4. The predicted molar refractivity (Wildman–Crippen MR) is 57.0 cm³/mol. The molecule has 0 fully saturated rings. The van der Waals surface area contributed by atoms with Gasteiger partial charge in [0.2, 0.25) is 5.91 Å². The first-order valence-corrected chi connectivity index (χ1v) is 4.72. The van der Waals surface area contributed by atoms with Gasteiger partial charge in [-0.3, -0.25) is 4.79 Å². The molecule has 0 bridgehead atoms. The molecule has 3 nitrogen and oxygen atoms in total. The minimum Gasteiger partial charge on any atom is -0.273 e. The molecule has 0 radical (unpaired) electrons. The molecule has 1 N–H and O–H groups in total. The molecule has 15 heavy (non-hydrogen) atoms. The van der Waals surface area contributed by atoms with Gasteiger partial charge in [0.25, 0.3) is 0 Å². The van der Waals surface area contributed by atoms with Gasteiger partial charge in [0.15, 0.2) is 0 Å². The van der Waals surface area contributed by atoms with Crippen LogP contribution in [0.1, 0.15) is 25.8 Å². The third-order valence-electron chi connectivity index (χ3n) is 1.93. The lowest BCUT2D eigenvalue weighted by Gasteiger charge is -2.01. The molecule has 0 saturated carbocycles. The van der Waals surface area contributed by atoms with E-state index in [2.05, 4.69) is 10.5 Å². The number of hydrogen-bond donors (Lipinski definition) is 1. The zero-order valence-corrected chi connectivity index (χ0v) is 8.75. The van der Waals surface area contributed by atoms with Crippen LogP contribution in [0.5, 0.6) is 0 Å². The number of rotatable bonds is 3. The lowest BCUT2D eigenvalue weighted by Crippen LogP contribution is -2.17. The third kappa shape index (κ3) is 3.50. The molecular weight excluding hydrogens is 195 g/mol. The molecule has 0 aliphatic heterocycles. The van der Waals surface area contributed by atoms with Gasteiger partial charge in [0, 0.05) is 6.42 Å². The summed E-state index contributed by atoms with van der Waals surface area (Å²) in [5, 5.41) is 3.89. The highest BCUT2D eigenvalue weighted by Crippen LogP contribution is 2.03. The van der Waals surface area contributed by atoms with Crippen LogP contribution in [-0.2, 0) is 4.79 Å². The molecule has 0 saturated heterocycles. The van der Waals surface area contributed by atoms with Crippen molar-refractivity contribution in [2.45, 2.75) is 20.3 Å². The summed E-state index contributed by atoms with van der Waals surface area (Å²) < 4.78 is 12.6. The number of amides is 1. The first-order chi connectivity index (χ1) is 7.13. The molecule has 1 aromatic carbocycles. The van der Waals surface area contributed by atoms with Gasteiger partial charge < -0.3 is 0 Å². The number of hydrogen-bond acceptors (Lipinski definition) is 2. The van der Waals surface area contributed by atoms with Crippen molar-refractivity contribution in [1.82, 2.24) is 5.43 Å². The maximum Gasteiger partial charge on any atom is 0.239 e. The number of hydrazone groups is 1. The lowest BCUT2D eigenvalue weighted by atomic mass is 10.1. The minimum atomic E-state index is -0.288. The van der Waals surface area contributed by atoms with Gasteiger partial charge in [-0.05, 0) is 24.6 Å². The van der Waals surface area contributed by atoms with Gasteiger partial charge in [0.1, 0.15) is 5.82 Å². The molecule has 1 amide bonds. The Balaban J connectivity index is 2.71. The van der Waals surface area contributed by atoms with E-state index in [1.165, 1.54) is 12.1 Å². The second-order valence-corrected chi connectivity index (χ2v) is 3.09. The summed E-state index contributed by atoms with van der Waals surface area (Å²) >= 11 is 0. The van der Waals surface area contributed by atoms with Crippen LogP contribution in [-0.4, -0.2) is 11.6 Å². The van der Waals surface area contributed by atoms with E-state index in [1.807, 2.05) is 0 Å². The quantitative estimate of drug-likeness (QED) is 0.599. The molecule has 0 heterocycles. The average molecular weight is 208 g/mol. The van der Waals surface area contributed by atoms with Gasteiger partial charge in [0.05, 0.1) is 5.71 Å². The van der Waals surface area contributed by atoms with E-state index in [0.29, 0.717) is 12.1 Å². The van der Waals surface area contributed by atoms with E-state index < -0.39 is 0 Å². The standard InChI is InChI=1S/C11H13FN2O/c1-3-11(15)14-13-8(2)9-4-6-10(12)7-5-9/h4-7H,3H2,1-2H3,(H,14,15)/b13-8+. The van der Waals surface area contributed by atoms with Crippen LogP contribution in [0.25, 0.3) is 0 Å². The van der Waals surface area contributed by atoms with Gasteiger partial charge in [-0.2, -0.15) is 5.10 Å². The summed E-state index contributed by atoms with van der Waals surface area (Å²) in [6, 6.07) is 5.95. The molecular formula is C11H13FN2O. The Bertz CT molecular complexity index is 371. The van der Waals surface area contributed by atoms with E-state index >= 15 is 0 Å². The topological polar surface area (TPSA) is 41.5 Å². The highest BCUT2D eigenvalue weighted by molar-refractivity contribution is 5.99. The van der Waals surface area contributed by atoms with Crippen molar-refractivity contribution >= 4 is 11.6 Å². The van der Waals surface area contributed by atoms with Crippen molar-refractivity contribution < 1.29 is 9.18 Å². The molecule has 0 atom stereocenters. The molecule has 0 aliphatic carbocycles. The van der Waals surface area contributed by atoms with Crippen molar-refractivity contribution in [3.8, 4) is 0 Å². The highest BCUT2D eigenvalue weighted by Gasteiger charge is 1.99. The Morgan fingerprint density at radius 2 is 2.00 bits per heavy atom. The molecule has 0 aromatic heterocycles. The Morgan fingerprint density at radius 1 is 1.40 bits per heavy atom. The number of halogens is 1. The van der Waals surface area contributed by atoms with Crippen molar-refractivity contribution in [3.05, 3.63) is 35.6 Å². The molecule has 80 valence electrons. The summed E-state index contributed by atoms with van der Waals surface area (Å²) in [7, 11) is 0. The average Bonchev–Trinajstić information content (AvgIpc) is 2.26. The monoisotopic (exact) mass is 208 g/mol. The zero-order valence-electron chi connectivity index (χ0n) is 8.75. The Labute approximate surface area is 88.0 Å². The predicted octanol–water partition coefficient (Wildman–Crippen LogP) is 2.08. The van der Waals surface area contributed by atoms with E-state index in [4.69, 9.17) is 0 Å². The Hall–Kier alpha value is -1.71. The summed E-state index contributed by atoms with van der Waals surface area (Å²) in [5.74, 6) is -0.430. The van der Waals surface area contributed by atoms with Crippen LogP contribution >= 0.6 is 0 Å². The number of nitrogens with zero attached hydrogens (tertiary/aromatic N) is 1. The largest absolute Gasteiger partial charge is 0.273 e.